The molecule has 0 spiro atoms. The van der Waals surface area contributed by atoms with Crippen LogP contribution < -0.4 is 14.8 Å². The Bertz CT molecular complexity index is 924. The molecule has 6 nitrogen and oxygen atoms in total. The highest BCUT2D eigenvalue weighted by molar-refractivity contribution is 14.1. The Morgan fingerprint density at radius 2 is 1.92 bits per heavy atom. The van der Waals surface area contributed by atoms with Gasteiger partial charge in [0.15, 0.2) is 11.5 Å². The molecule has 0 saturated heterocycles. The van der Waals surface area contributed by atoms with Gasteiger partial charge in [-0.1, -0.05) is 12.1 Å². The lowest BCUT2D eigenvalue weighted by Gasteiger charge is -2.12. The number of methoxy groups -OCH3 is 2. The molecule has 0 radical (unpaired) electrons. The third-order valence-electron chi connectivity index (χ3n) is 4.11. The van der Waals surface area contributed by atoms with E-state index in [4.69, 9.17) is 9.47 Å². The molecule has 2 aromatic carbocycles. The number of aromatic nitrogens is 2. The minimum atomic E-state index is -0.120. The number of rotatable bonds is 7. The molecule has 0 aliphatic rings. The average Bonchev–Trinajstić information content (AvgIpc) is 3.08. The fraction of sp³-hybridized carbons (Fsp3) is 0.263. The lowest BCUT2D eigenvalue weighted by atomic mass is 10.2. The summed E-state index contributed by atoms with van der Waals surface area (Å²) in [4.78, 5) is 16.9. The van der Waals surface area contributed by atoms with Crippen molar-refractivity contribution in [2.45, 2.75) is 13.0 Å². The predicted molar refractivity (Wildman–Crippen MR) is 109 cm³/mol. The van der Waals surface area contributed by atoms with Gasteiger partial charge in [0.25, 0.3) is 5.91 Å². The maximum absolute atomic E-state index is 12.5. The molecule has 0 atom stereocenters. The number of carbonyl (C=O) groups excluding carboxylic acids is 1. The van der Waals surface area contributed by atoms with Crippen LogP contribution in [0.15, 0.2) is 42.7 Å². The van der Waals surface area contributed by atoms with E-state index in [-0.39, 0.29) is 5.91 Å². The van der Waals surface area contributed by atoms with Crippen LogP contribution in [0.25, 0.3) is 11.0 Å². The van der Waals surface area contributed by atoms with E-state index in [1.807, 2.05) is 30.6 Å². The van der Waals surface area contributed by atoms with Crippen LogP contribution in [0.4, 0.5) is 0 Å². The van der Waals surface area contributed by atoms with Crippen molar-refractivity contribution >= 4 is 39.5 Å². The van der Waals surface area contributed by atoms with Gasteiger partial charge in [-0.3, -0.25) is 4.79 Å². The number of imidazole rings is 1. The fourth-order valence-electron chi connectivity index (χ4n) is 2.76. The number of amides is 1. The highest BCUT2D eigenvalue weighted by Crippen LogP contribution is 2.31. The smallest absolute Gasteiger partial charge is 0.252 e. The van der Waals surface area contributed by atoms with Crippen molar-refractivity contribution in [3.8, 4) is 11.5 Å². The molecule has 3 rings (SSSR count). The first-order valence-corrected chi connectivity index (χ1v) is 9.31. The topological polar surface area (TPSA) is 65.4 Å². The Balaban J connectivity index is 1.59. The minimum Gasteiger partial charge on any atom is -0.493 e. The molecule has 136 valence electrons. The Hall–Kier alpha value is -2.29. The monoisotopic (exact) mass is 465 g/mol. The normalized spacial score (nSPS) is 10.7. The Morgan fingerprint density at radius 3 is 2.69 bits per heavy atom. The molecule has 26 heavy (non-hydrogen) atoms. The molecule has 0 unspecified atom stereocenters. The van der Waals surface area contributed by atoms with Gasteiger partial charge in [0, 0.05) is 16.7 Å². The first kappa shape index (κ1) is 18.5. The van der Waals surface area contributed by atoms with Crippen LogP contribution in [0.3, 0.4) is 0 Å². The van der Waals surface area contributed by atoms with Gasteiger partial charge in [-0.25, -0.2) is 4.98 Å². The van der Waals surface area contributed by atoms with Crippen LogP contribution in [0.5, 0.6) is 11.5 Å². The maximum atomic E-state index is 12.5. The maximum Gasteiger partial charge on any atom is 0.252 e. The molecule has 1 aromatic heterocycles. The van der Waals surface area contributed by atoms with E-state index in [9.17, 15) is 4.79 Å². The molecule has 1 amide bonds. The van der Waals surface area contributed by atoms with E-state index >= 15 is 0 Å². The summed E-state index contributed by atoms with van der Waals surface area (Å²) in [5.41, 5.74) is 2.67. The van der Waals surface area contributed by atoms with Crippen LogP contribution >= 0.6 is 22.6 Å². The zero-order valence-electron chi connectivity index (χ0n) is 14.7. The minimum absolute atomic E-state index is 0.120. The SMILES string of the molecule is COc1cc(I)c(C(=O)NCCCn2cnc3ccccc32)cc1OC. The van der Waals surface area contributed by atoms with Crippen LogP contribution in [0, 0.1) is 3.57 Å². The van der Waals surface area contributed by atoms with E-state index in [1.54, 1.807) is 26.4 Å². The van der Waals surface area contributed by atoms with Crippen molar-refractivity contribution in [3.63, 3.8) is 0 Å². The number of ether oxygens (including phenoxy) is 2. The van der Waals surface area contributed by atoms with Crippen molar-refractivity contribution in [3.05, 3.63) is 51.9 Å². The highest BCUT2D eigenvalue weighted by atomic mass is 127. The lowest BCUT2D eigenvalue weighted by Crippen LogP contribution is -2.26. The third-order valence-corrected chi connectivity index (χ3v) is 5.00. The number of nitrogens with one attached hydrogen (secondary N) is 1. The molecular weight excluding hydrogens is 445 g/mol. The Labute approximate surface area is 165 Å². The zero-order valence-corrected chi connectivity index (χ0v) is 16.8. The first-order chi connectivity index (χ1) is 12.6. The molecule has 7 heteroatoms. The fourth-order valence-corrected chi connectivity index (χ4v) is 3.45. The number of hydrogen-bond donors (Lipinski definition) is 1. The number of fused-ring (bicyclic) bond motifs is 1. The van der Waals surface area contributed by atoms with E-state index in [2.05, 4.69) is 37.5 Å². The number of halogens is 1. The summed E-state index contributed by atoms with van der Waals surface area (Å²) in [5, 5.41) is 2.97. The molecular formula is C19H20IN3O3. The van der Waals surface area contributed by atoms with Crippen molar-refractivity contribution in [1.82, 2.24) is 14.9 Å². The summed E-state index contributed by atoms with van der Waals surface area (Å²) in [6, 6.07) is 11.5. The molecule has 1 N–H and O–H groups in total. The lowest BCUT2D eigenvalue weighted by molar-refractivity contribution is 0.0951. The van der Waals surface area contributed by atoms with Crippen molar-refractivity contribution in [1.29, 1.82) is 0 Å². The van der Waals surface area contributed by atoms with E-state index in [0.717, 1.165) is 27.6 Å². The van der Waals surface area contributed by atoms with Gasteiger partial charge in [-0.2, -0.15) is 0 Å². The number of nitrogens with zero attached hydrogens (tertiary/aromatic N) is 2. The van der Waals surface area contributed by atoms with Crippen LogP contribution in [-0.4, -0.2) is 36.2 Å². The van der Waals surface area contributed by atoms with E-state index in [0.29, 0.717) is 23.6 Å². The van der Waals surface area contributed by atoms with Gasteiger partial charge in [-0.05, 0) is 53.3 Å². The number of para-hydroxylation sites is 2. The zero-order chi connectivity index (χ0) is 18.5. The molecule has 3 aromatic rings. The standard InChI is InChI=1S/C19H20IN3O3/c1-25-17-10-13(14(20)11-18(17)26-2)19(24)21-8-5-9-23-12-22-15-6-3-4-7-16(15)23/h3-4,6-7,10-12H,5,8-9H2,1-2H3,(H,21,24). The quantitative estimate of drug-likeness (QED) is 0.429. The first-order valence-electron chi connectivity index (χ1n) is 8.23. The van der Waals surface area contributed by atoms with Gasteiger partial charge < -0.3 is 19.4 Å². The van der Waals surface area contributed by atoms with Gasteiger partial charge in [0.1, 0.15) is 0 Å². The second-order valence-corrected chi connectivity index (χ2v) is 6.89. The summed E-state index contributed by atoms with van der Waals surface area (Å²) >= 11 is 2.13. The molecule has 0 aliphatic heterocycles. The Morgan fingerprint density at radius 1 is 1.19 bits per heavy atom. The van der Waals surface area contributed by atoms with Crippen molar-refractivity contribution in [2.24, 2.45) is 0 Å². The number of hydrogen-bond acceptors (Lipinski definition) is 4. The molecule has 1 heterocycles. The second kappa shape index (κ2) is 8.39. The molecule has 0 bridgehead atoms. The summed E-state index contributed by atoms with van der Waals surface area (Å²) in [5.74, 6) is 1.04. The predicted octanol–water partition coefficient (Wildman–Crippen LogP) is 3.48. The molecule has 0 fully saturated rings. The highest BCUT2D eigenvalue weighted by Gasteiger charge is 2.15. The van der Waals surface area contributed by atoms with E-state index in [1.165, 1.54) is 0 Å². The van der Waals surface area contributed by atoms with Gasteiger partial charge in [0.05, 0.1) is 37.1 Å². The molecule has 0 saturated carbocycles. The van der Waals surface area contributed by atoms with Gasteiger partial charge in [0.2, 0.25) is 0 Å². The average molecular weight is 465 g/mol. The number of aryl methyl sites for hydroxylation is 1. The summed E-state index contributed by atoms with van der Waals surface area (Å²) in [7, 11) is 3.13. The van der Waals surface area contributed by atoms with E-state index < -0.39 is 0 Å². The van der Waals surface area contributed by atoms with Crippen molar-refractivity contribution < 1.29 is 14.3 Å². The molecule has 0 aliphatic carbocycles. The third kappa shape index (κ3) is 3.92. The second-order valence-electron chi connectivity index (χ2n) is 5.72. The summed E-state index contributed by atoms with van der Waals surface area (Å²) in [6.07, 6.45) is 2.65. The number of benzene rings is 2. The summed E-state index contributed by atoms with van der Waals surface area (Å²) < 4.78 is 13.5. The largest absolute Gasteiger partial charge is 0.493 e. The van der Waals surface area contributed by atoms with Gasteiger partial charge in [-0.15, -0.1) is 0 Å². The van der Waals surface area contributed by atoms with Crippen LogP contribution in [0.1, 0.15) is 16.8 Å². The summed E-state index contributed by atoms with van der Waals surface area (Å²) in [6.45, 7) is 1.37. The van der Waals surface area contributed by atoms with Crippen LogP contribution in [-0.2, 0) is 6.54 Å². The van der Waals surface area contributed by atoms with Gasteiger partial charge >= 0.3 is 0 Å². The number of carbonyl (C=O) groups is 1. The van der Waals surface area contributed by atoms with Crippen molar-refractivity contribution in [2.75, 3.05) is 20.8 Å². The van der Waals surface area contributed by atoms with Crippen LogP contribution in [0.2, 0.25) is 0 Å². The Kier molecular flexibility index (Phi) is 5.97.